The normalized spacial score (nSPS) is 11.6. The third-order valence-corrected chi connectivity index (χ3v) is 4.78. The van der Waals surface area contributed by atoms with E-state index in [-0.39, 0.29) is 17.9 Å². The molecule has 0 spiro atoms. The van der Waals surface area contributed by atoms with Crippen molar-refractivity contribution in [3.63, 3.8) is 0 Å². The Morgan fingerprint density at radius 1 is 1.09 bits per heavy atom. The van der Waals surface area contributed by atoms with Crippen LogP contribution in [0.4, 0.5) is 0 Å². The zero-order chi connectivity index (χ0) is 16.0. The van der Waals surface area contributed by atoms with Crippen LogP contribution in [-0.4, -0.2) is 24.2 Å². The summed E-state index contributed by atoms with van der Waals surface area (Å²) in [7, 11) is 0. The molecule has 118 valence electrons. The molecular formula is C19H25NO2. The number of nitrogens with one attached hydrogen (secondary N) is 1. The van der Waals surface area contributed by atoms with E-state index < -0.39 is 0 Å². The van der Waals surface area contributed by atoms with Crippen molar-refractivity contribution in [3.05, 3.63) is 48.0 Å². The van der Waals surface area contributed by atoms with E-state index in [1.54, 1.807) is 0 Å². The molecule has 0 atom stereocenters. The van der Waals surface area contributed by atoms with Crippen molar-refractivity contribution in [2.45, 2.75) is 33.1 Å². The number of amides is 1. The van der Waals surface area contributed by atoms with Crippen LogP contribution in [0.2, 0.25) is 0 Å². The minimum atomic E-state index is -0.0463. The Morgan fingerprint density at radius 3 is 2.41 bits per heavy atom. The molecule has 0 aromatic heterocycles. The van der Waals surface area contributed by atoms with Gasteiger partial charge in [0, 0.05) is 18.7 Å². The van der Waals surface area contributed by atoms with Crippen molar-refractivity contribution >= 4 is 16.7 Å². The van der Waals surface area contributed by atoms with E-state index in [4.69, 9.17) is 0 Å². The second kappa shape index (κ2) is 7.41. The molecule has 0 saturated carbocycles. The van der Waals surface area contributed by atoms with Crippen molar-refractivity contribution in [1.82, 2.24) is 5.32 Å². The van der Waals surface area contributed by atoms with Crippen molar-refractivity contribution in [2.75, 3.05) is 13.2 Å². The number of hydrogen-bond donors (Lipinski definition) is 2. The monoisotopic (exact) mass is 299 g/mol. The fourth-order valence-corrected chi connectivity index (χ4v) is 2.88. The predicted octanol–water partition coefficient (Wildman–Crippen LogP) is 3.76. The maximum Gasteiger partial charge on any atom is 0.251 e. The summed E-state index contributed by atoms with van der Waals surface area (Å²) in [5.74, 6) is -0.0463. The van der Waals surface area contributed by atoms with E-state index in [2.05, 4.69) is 19.2 Å². The Bertz CT molecular complexity index is 632. The van der Waals surface area contributed by atoms with Crippen LogP contribution >= 0.6 is 0 Å². The Kier molecular flexibility index (Phi) is 5.56. The minimum absolute atomic E-state index is 0.0126. The van der Waals surface area contributed by atoms with E-state index in [0.717, 1.165) is 30.0 Å². The summed E-state index contributed by atoms with van der Waals surface area (Å²) in [5, 5.41) is 14.5. The van der Waals surface area contributed by atoms with Gasteiger partial charge >= 0.3 is 0 Å². The first-order valence-corrected chi connectivity index (χ1v) is 8.02. The third kappa shape index (κ3) is 3.66. The largest absolute Gasteiger partial charge is 0.396 e. The molecule has 2 N–H and O–H groups in total. The molecule has 0 unspecified atom stereocenters. The molecule has 1 amide bonds. The summed E-state index contributed by atoms with van der Waals surface area (Å²) in [5.41, 5.74) is 0.671. The summed E-state index contributed by atoms with van der Waals surface area (Å²) in [6, 6.07) is 13.8. The van der Waals surface area contributed by atoms with E-state index in [9.17, 15) is 9.90 Å². The number of aliphatic hydroxyl groups is 1. The zero-order valence-corrected chi connectivity index (χ0v) is 13.4. The molecule has 0 aliphatic rings. The lowest BCUT2D eigenvalue weighted by Crippen LogP contribution is -2.37. The molecule has 22 heavy (non-hydrogen) atoms. The molecule has 2 rings (SSSR count). The van der Waals surface area contributed by atoms with Gasteiger partial charge in [0.25, 0.3) is 5.91 Å². The first kappa shape index (κ1) is 16.5. The molecule has 0 saturated heterocycles. The predicted molar refractivity (Wildman–Crippen MR) is 91.0 cm³/mol. The fraction of sp³-hybridized carbons (Fsp3) is 0.421. The second-order valence-electron chi connectivity index (χ2n) is 5.93. The van der Waals surface area contributed by atoms with Crippen LogP contribution in [0, 0.1) is 5.41 Å². The smallest absolute Gasteiger partial charge is 0.251 e. The van der Waals surface area contributed by atoms with E-state index >= 15 is 0 Å². The van der Waals surface area contributed by atoms with Crippen molar-refractivity contribution < 1.29 is 9.90 Å². The molecule has 0 radical (unpaired) electrons. The van der Waals surface area contributed by atoms with Gasteiger partial charge in [-0.2, -0.15) is 0 Å². The summed E-state index contributed by atoms with van der Waals surface area (Å²) in [4.78, 5) is 12.4. The van der Waals surface area contributed by atoms with Gasteiger partial charge in [-0.3, -0.25) is 4.79 Å². The molecule has 0 aliphatic heterocycles. The van der Waals surface area contributed by atoms with Crippen molar-refractivity contribution in [2.24, 2.45) is 5.41 Å². The molecule has 0 fully saturated rings. The topological polar surface area (TPSA) is 49.3 Å². The van der Waals surface area contributed by atoms with Gasteiger partial charge in [0.15, 0.2) is 0 Å². The van der Waals surface area contributed by atoms with E-state index in [1.807, 2.05) is 42.5 Å². The lowest BCUT2D eigenvalue weighted by molar-refractivity contribution is 0.0907. The highest BCUT2D eigenvalue weighted by atomic mass is 16.3. The van der Waals surface area contributed by atoms with Crippen LogP contribution in [-0.2, 0) is 0 Å². The first-order valence-electron chi connectivity index (χ1n) is 8.02. The zero-order valence-electron chi connectivity index (χ0n) is 13.4. The van der Waals surface area contributed by atoms with Crippen LogP contribution in [0.15, 0.2) is 42.5 Å². The Balaban J connectivity index is 2.10. The molecule has 3 heteroatoms. The molecule has 0 aliphatic carbocycles. The van der Waals surface area contributed by atoms with Crippen molar-refractivity contribution in [1.29, 1.82) is 0 Å². The Labute approximate surface area is 132 Å². The number of carbonyl (C=O) groups is 1. The lowest BCUT2D eigenvalue weighted by Gasteiger charge is -2.31. The molecule has 2 aromatic rings. The SMILES string of the molecule is CCC(CC)(CCO)CNC(=O)c1ccc2ccccc2c1. The number of carbonyl (C=O) groups excluding carboxylic acids is 1. The van der Waals surface area contributed by atoms with Crippen LogP contribution in [0.5, 0.6) is 0 Å². The summed E-state index contributed by atoms with van der Waals surface area (Å²) in [6.07, 6.45) is 2.61. The number of benzene rings is 2. The summed E-state index contributed by atoms with van der Waals surface area (Å²) < 4.78 is 0. The molecule has 0 heterocycles. The van der Waals surface area contributed by atoms with Crippen LogP contribution < -0.4 is 5.32 Å². The fourth-order valence-electron chi connectivity index (χ4n) is 2.88. The Morgan fingerprint density at radius 2 is 1.77 bits per heavy atom. The van der Waals surface area contributed by atoms with E-state index in [0.29, 0.717) is 12.1 Å². The minimum Gasteiger partial charge on any atom is -0.396 e. The number of rotatable bonds is 7. The first-order chi connectivity index (χ1) is 10.6. The van der Waals surface area contributed by atoms with E-state index in [1.165, 1.54) is 0 Å². The maximum atomic E-state index is 12.4. The molecular weight excluding hydrogens is 274 g/mol. The van der Waals surface area contributed by atoms with Gasteiger partial charge < -0.3 is 10.4 Å². The second-order valence-corrected chi connectivity index (χ2v) is 5.93. The van der Waals surface area contributed by atoms with Gasteiger partial charge in [-0.1, -0.05) is 44.2 Å². The van der Waals surface area contributed by atoms with Crippen LogP contribution in [0.3, 0.4) is 0 Å². The van der Waals surface area contributed by atoms with Gasteiger partial charge in [0.1, 0.15) is 0 Å². The quantitative estimate of drug-likeness (QED) is 0.818. The van der Waals surface area contributed by atoms with Gasteiger partial charge in [-0.05, 0) is 47.6 Å². The third-order valence-electron chi connectivity index (χ3n) is 4.78. The van der Waals surface area contributed by atoms with Gasteiger partial charge in [0.05, 0.1) is 0 Å². The number of aliphatic hydroxyl groups excluding tert-OH is 1. The summed E-state index contributed by atoms with van der Waals surface area (Å²) >= 11 is 0. The highest BCUT2D eigenvalue weighted by Crippen LogP contribution is 2.29. The number of hydrogen-bond acceptors (Lipinski definition) is 2. The van der Waals surface area contributed by atoms with Gasteiger partial charge in [0.2, 0.25) is 0 Å². The molecule has 3 nitrogen and oxygen atoms in total. The maximum absolute atomic E-state index is 12.4. The van der Waals surface area contributed by atoms with Crippen LogP contribution in [0.25, 0.3) is 10.8 Å². The highest BCUT2D eigenvalue weighted by molar-refractivity contribution is 5.98. The van der Waals surface area contributed by atoms with Crippen molar-refractivity contribution in [3.8, 4) is 0 Å². The number of fused-ring (bicyclic) bond motifs is 1. The van der Waals surface area contributed by atoms with Gasteiger partial charge in [-0.15, -0.1) is 0 Å². The Hall–Kier alpha value is -1.87. The average molecular weight is 299 g/mol. The van der Waals surface area contributed by atoms with Gasteiger partial charge in [-0.25, -0.2) is 0 Å². The van der Waals surface area contributed by atoms with Crippen LogP contribution in [0.1, 0.15) is 43.5 Å². The molecule has 0 bridgehead atoms. The average Bonchev–Trinajstić information content (AvgIpc) is 2.58. The highest BCUT2D eigenvalue weighted by Gasteiger charge is 2.26. The summed E-state index contributed by atoms with van der Waals surface area (Å²) in [6.45, 7) is 4.99. The standard InChI is InChI=1S/C19H25NO2/c1-3-19(4-2,11-12-21)14-20-18(22)17-10-9-15-7-5-6-8-16(15)13-17/h5-10,13,21H,3-4,11-12,14H2,1-2H3,(H,20,22). The lowest BCUT2D eigenvalue weighted by atomic mass is 9.79. The molecule has 2 aromatic carbocycles.